The lowest BCUT2D eigenvalue weighted by Gasteiger charge is -2.34. The average Bonchev–Trinajstić information content (AvgIpc) is 2.35. The summed E-state index contributed by atoms with van der Waals surface area (Å²) in [5.41, 5.74) is 12.8. The minimum atomic E-state index is 0.490. The van der Waals surface area contributed by atoms with Crippen molar-refractivity contribution < 1.29 is 4.84 Å². The molecule has 0 aliphatic carbocycles. The van der Waals surface area contributed by atoms with Crippen molar-refractivity contribution in [3.05, 3.63) is 18.2 Å². The number of benzene rings is 1. The van der Waals surface area contributed by atoms with Crippen LogP contribution in [0.1, 0.15) is 32.6 Å². The van der Waals surface area contributed by atoms with Gasteiger partial charge in [0.25, 0.3) is 0 Å². The summed E-state index contributed by atoms with van der Waals surface area (Å²) in [4.78, 5) is 5.90. The number of hydrogen-bond donors (Lipinski definition) is 2. The number of rotatable bonds is 3. The minimum absolute atomic E-state index is 0.490. The molecule has 1 fully saturated rings. The number of hydrogen-bond acceptors (Lipinski definition) is 4. The molecule has 0 bridgehead atoms. The predicted octanol–water partition coefficient (Wildman–Crippen LogP) is 2.41. The van der Waals surface area contributed by atoms with E-state index in [0.29, 0.717) is 23.2 Å². The van der Waals surface area contributed by atoms with Crippen molar-refractivity contribution in [3.8, 4) is 5.75 Å². The van der Waals surface area contributed by atoms with Crippen LogP contribution in [0.2, 0.25) is 0 Å². The third kappa shape index (κ3) is 2.64. The van der Waals surface area contributed by atoms with Crippen LogP contribution in [0.4, 0.5) is 11.4 Å². The topological polar surface area (TPSA) is 64.5 Å². The lowest BCUT2D eigenvalue weighted by molar-refractivity contribution is -0.112. The number of nitrogens with two attached hydrogens (primary N) is 2. The van der Waals surface area contributed by atoms with Gasteiger partial charge in [0.2, 0.25) is 0 Å². The van der Waals surface area contributed by atoms with Crippen LogP contribution < -0.4 is 16.3 Å². The van der Waals surface area contributed by atoms with E-state index in [-0.39, 0.29) is 0 Å². The first-order valence-electron chi connectivity index (χ1n) is 6.31. The van der Waals surface area contributed by atoms with Crippen LogP contribution in [0.15, 0.2) is 18.2 Å². The normalized spacial score (nSPS) is 21.4. The monoisotopic (exact) mass is 235 g/mol. The lowest BCUT2D eigenvalue weighted by Crippen LogP contribution is -2.41. The zero-order chi connectivity index (χ0) is 12.3. The number of para-hydroxylation sites is 1. The van der Waals surface area contributed by atoms with Gasteiger partial charge in [0.05, 0.1) is 5.69 Å². The number of piperidine rings is 1. The molecular formula is C13H21N3O. The van der Waals surface area contributed by atoms with Gasteiger partial charge in [-0.3, -0.25) is 0 Å². The van der Waals surface area contributed by atoms with Crippen LogP contribution in [0.3, 0.4) is 0 Å². The fourth-order valence-corrected chi connectivity index (χ4v) is 2.27. The molecule has 4 N–H and O–H groups in total. The number of anilines is 2. The van der Waals surface area contributed by atoms with Gasteiger partial charge in [0.1, 0.15) is 5.69 Å². The molecule has 0 aromatic heterocycles. The molecule has 1 unspecified atom stereocenters. The fraction of sp³-hybridized carbons (Fsp3) is 0.538. The second kappa shape index (κ2) is 5.27. The Balaban J connectivity index is 2.11. The van der Waals surface area contributed by atoms with Crippen LogP contribution in [0.25, 0.3) is 0 Å². The molecule has 0 spiro atoms. The van der Waals surface area contributed by atoms with Crippen molar-refractivity contribution in [3.63, 3.8) is 0 Å². The zero-order valence-electron chi connectivity index (χ0n) is 10.4. The maximum atomic E-state index is 5.91. The molecule has 1 aliphatic heterocycles. The van der Waals surface area contributed by atoms with E-state index < -0.39 is 0 Å². The first-order chi connectivity index (χ1) is 8.22. The molecule has 1 aromatic rings. The number of nitrogen functional groups attached to an aromatic ring is 2. The molecular weight excluding hydrogens is 214 g/mol. The Morgan fingerprint density at radius 1 is 1.35 bits per heavy atom. The van der Waals surface area contributed by atoms with E-state index in [0.717, 1.165) is 13.0 Å². The Morgan fingerprint density at radius 2 is 2.18 bits per heavy atom. The van der Waals surface area contributed by atoms with Crippen LogP contribution in [-0.2, 0) is 0 Å². The van der Waals surface area contributed by atoms with Gasteiger partial charge in [-0.1, -0.05) is 19.4 Å². The Bertz CT molecular complexity index is 381. The van der Waals surface area contributed by atoms with E-state index in [1.165, 1.54) is 19.3 Å². The molecule has 4 nitrogen and oxygen atoms in total. The molecule has 0 amide bonds. The summed E-state index contributed by atoms with van der Waals surface area (Å²) in [7, 11) is 0. The minimum Gasteiger partial charge on any atom is -0.403 e. The van der Waals surface area contributed by atoms with Crippen LogP contribution in [-0.4, -0.2) is 17.6 Å². The van der Waals surface area contributed by atoms with E-state index >= 15 is 0 Å². The van der Waals surface area contributed by atoms with Gasteiger partial charge < -0.3 is 16.3 Å². The third-order valence-electron chi connectivity index (χ3n) is 3.36. The smallest absolute Gasteiger partial charge is 0.172 e. The van der Waals surface area contributed by atoms with Crippen LogP contribution in [0.5, 0.6) is 5.75 Å². The average molecular weight is 235 g/mol. The predicted molar refractivity (Wildman–Crippen MR) is 70.5 cm³/mol. The van der Waals surface area contributed by atoms with Crippen molar-refractivity contribution in [2.24, 2.45) is 0 Å². The Kier molecular flexibility index (Phi) is 3.74. The Labute approximate surface area is 102 Å². The molecule has 0 saturated carbocycles. The summed E-state index contributed by atoms with van der Waals surface area (Å²) in [5, 5.41) is 2.05. The molecule has 1 saturated heterocycles. The fourth-order valence-electron chi connectivity index (χ4n) is 2.27. The molecule has 1 aromatic carbocycles. The second-order valence-corrected chi connectivity index (χ2v) is 4.55. The van der Waals surface area contributed by atoms with Crippen LogP contribution in [0, 0.1) is 0 Å². The lowest BCUT2D eigenvalue weighted by atomic mass is 10.0. The zero-order valence-corrected chi connectivity index (χ0v) is 10.4. The summed E-state index contributed by atoms with van der Waals surface area (Å²) in [6.07, 6.45) is 4.75. The first kappa shape index (κ1) is 12.0. The Morgan fingerprint density at radius 3 is 2.94 bits per heavy atom. The van der Waals surface area contributed by atoms with E-state index in [9.17, 15) is 0 Å². The summed E-state index contributed by atoms with van der Waals surface area (Å²) >= 11 is 0. The first-order valence-corrected chi connectivity index (χ1v) is 6.31. The summed E-state index contributed by atoms with van der Waals surface area (Å²) in [6.45, 7) is 3.15. The summed E-state index contributed by atoms with van der Waals surface area (Å²) in [5.74, 6) is 0.672. The van der Waals surface area contributed by atoms with Gasteiger partial charge in [0.15, 0.2) is 5.75 Å². The number of nitrogens with zero attached hydrogens (tertiary/aromatic N) is 1. The standard InChI is InChI=1S/C13H21N3O/c1-2-10-6-3-4-9-16(10)17-12-8-5-7-11(14)13(12)15/h5,7-8,10H,2-4,6,9,14-15H2,1H3. The molecule has 17 heavy (non-hydrogen) atoms. The third-order valence-corrected chi connectivity index (χ3v) is 3.36. The maximum Gasteiger partial charge on any atom is 0.172 e. The van der Waals surface area contributed by atoms with Crippen molar-refractivity contribution in [1.82, 2.24) is 5.06 Å². The van der Waals surface area contributed by atoms with Gasteiger partial charge in [-0.2, -0.15) is 0 Å². The van der Waals surface area contributed by atoms with Gasteiger partial charge >= 0.3 is 0 Å². The van der Waals surface area contributed by atoms with Crippen molar-refractivity contribution in [2.45, 2.75) is 38.6 Å². The highest BCUT2D eigenvalue weighted by atomic mass is 16.7. The maximum absolute atomic E-state index is 5.91. The van der Waals surface area contributed by atoms with E-state index in [1.54, 1.807) is 6.07 Å². The van der Waals surface area contributed by atoms with Crippen molar-refractivity contribution >= 4 is 11.4 Å². The molecule has 2 rings (SSSR count). The quantitative estimate of drug-likeness (QED) is 0.790. The second-order valence-electron chi connectivity index (χ2n) is 4.55. The molecule has 1 atom stereocenters. The summed E-state index contributed by atoms with van der Waals surface area (Å²) < 4.78 is 0. The van der Waals surface area contributed by atoms with Gasteiger partial charge in [-0.05, 0) is 31.4 Å². The molecule has 0 radical (unpaired) electrons. The van der Waals surface area contributed by atoms with E-state index in [4.69, 9.17) is 16.3 Å². The van der Waals surface area contributed by atoms with E-state index in [1.807, 2.05) is 12.1 Å². The highest BCUT2D eigenvalue weighted by Crippen LogP contribution is 2.30. The van der Waals surface area contributed by atoms with Crippen molar-refractivity contribution in [2.75, 3.05) is 18.0 Å². The van der Waals surface area contributed by atoms with Crippen LogP contribution >= 0.6 is 0 Å². The highest BCUT2D eigenvalue weighted by Gasteiger charge is 2.23. The molecule has 4 heteroatoms. The Hall–Kier alpha value is -1.42. The number of hydroxylamine groups is 2. The van der Waals surface area contributed by atoms with E-state index in [2.05, 4.69) is 12.0 Å². The SMILES string of the molecule is CCC1CCCCN1Oc1cccc(N)c1N. The molecule has 94 valence electrons. The van der Waals surface area contributed by atoms with Crippen molar-refractivity contribution in [1.29, 1.82) is 0 Å². The van der Waals surface area contributed by atoms with Gasteiger partial charge in [-0.15, -0.1) is 5.06 Å². The largest absolute Gasteiger partial charge is 0.403 e. The summed E-state index contributed by atoms with van der Waals surface area (Å²) in [6, 6.07) is 6.01. The highest BCUT2D eigenvalue weighted by molar-refractivity contribution is 5.70. The molecule has 1 aliphatic rings. The van der Waals surface area contributed by atoms with Gasteiger partial charge in [-0.25, -0.2) is 0 Å². The van der Waals surface area contributed by atoms with Gasteiger partial charge in [0, 0.05) is 12.6 Å². The molecule has 1 heterocycles.